The Hall–Kier alpha value is -0.860. The molecule has 2 saturated carbocycles. The summed E-state index contributed by atoms with van der Waals surface area (Å²) in [4.78, 5) is 2.55. The Bertz CT molecular complexity index is 427. The molecule has 116 valence electrons. The summed E-state index contributed by atoms with van der Waals surface area (Å²) in [5, 5.41) is 0. The van der Waals surface area contributed by atoms with E-state index in [0.29, 0.717) is 12.1 Å². The third-order valence-electron chi connectivity index (χ3n) is 5.49. The molecule has 21 heavy (non-hydrogen) atoms. The summed E-state index contributed by atoms with van der Waals surface area (Å²) in [6, 6.07) is 10.4. The highest BCUT2D eigenvalue weighted by Crippen LogP contribution is 2.40. The third kappa shape index (κ3) is 3.67. The monoisotopic (exact) mass is 286 g/mol. The van der Waals surface area contributed by atoms with Crippen molar-refractivity contribution in [3.8, 4) is 0 Å². The average molecular weight is 286 g/mol. The Morgan fingerprint density at radius 3 is 2.14 bits per heavy atom. The molecule has 0 spiro atoms. The van der Waals surface area contributed by atoms with Gasteiger partial charge < -0.3 is 5.73 Å². The first kappa shape index (κ1) is 15.1. The fraction of sp³-hybridized carbons (Fsp3) is 0.684. The Kier molecular flexibility index (Phi) is 4.97. The number of rotatable bonds is 5. The first-order valence-electron chi connectivity index (χ1n) is 8.81. The standard InChI is InChI=1S/C19H30N2/c1-21(18-6-4-2-3-5-7-18)19(14-20)17-12-10-16(11-13-17)15-8-9-15/h10-13,15,18-19H,2-9,14,20H2,1H3. The predicted molar refractivity (Wildman–Crippen MR) is 89.5 cm³/mol. The number of hydrogen-bond acceptors (Lipinski definition) is 2. The van der Waals surface area contributed by atoms with Crippen molar-refractivity contribution in [2.45, 2.75) is 69.4 Å². The lowest BCUT2D eigenvalue weighted by Gasteiger charge is -2.34. The normalized spacial score (nSPS) is 22.2. The van der Waals surface area contributed by atoms with Gasteiger partial charge in [0.1, 0.15) is 0 Å². The lowest BCUT2D eigenvalue weighted by Crippen LogP contribution is -2.38. The van der Waals surface area contributed by atoms with Crippen molar-refractivity contribution in [2.75, 3.05) is 13.6 Å². The van der Waals surface area contributed by atoms with E-state index in [0.717, 1.165) is 12.5 Å². The Morgan fingerprint density at radius 2 is 1.62 bits per heavy atom. The van der Waals surface area contributed by atoms with Crippen LogP contribution in [0.25, 0.3) is 0 Å². The number of hydrogen-bond donors (Lipinski definition) is 1. The summed E-state index contributed by atoms with van der Waals surface area (Å²) in [5.41, 5.74) is 9.04. The molecule has 2 fully saturated rings. The van der Waals surface area contributed by atoms with Crippen molar-refractivity contribution in [2.24, 2.45) is 5.73 Å². The second-order valence-corrected chi connectivity index (χ2v) is 7.00. The van der Waals surface area contributed by atoms with Crippen LogP contribution in [0.1, 0.15) is 74.5 Å². The summed E-state index contributed by atoms with van der Waals surface area (Å²) in [6.45, 7) is 0.718. The van der Waals surface area contributed by atoms with Gasteiger partial charge in [-0.15, -0.1) is 0 Å². The largest absolute Gasteiger partial charge is 0.329 e. The van der Waals surface area contributed by atoms with Crippen molar-refractivity contribution in [1.29, 1.82) is 0 Å². The van der Waals surface area contributed by atoms with Crippen molar-refractivity contribution in [1.82, 2.24) is 4.90 Å². The van der Waals surface area contributed by atoms with E-state index in [1.807, 2.05) is 0 Å². The van der Waals surface area contributed by atoms with E-state index < -0.39 is 0 Å². The third-order valence-corrected chi connectivity index (χ3v) is 5.49. The van der Waals surface area contributed by atoms with Crippen LogP contribution in [-0.2, 0) is 0 Å². The van der Waals surface area contributed by atoms with E-state index in [2.05, 4.69) is 36.2 Å². The SMILES string of the molecule is CN(C1CCCCCC1)C(CN)c1ccc(C2CC2)cc1. The number of nitrogens with zero attached hydrogens (tertiary/aromatic N) is 1. The summed E-state index contributed by atoms with van der Waals surface area (Å²) in [6.07, 6.45) is 11.0. The lowest BCUT2D eigenvalue weighted by atomic mass is 9.98. The van der Waals surface area contributed by atoms with Gasteiger partial charge in [-0.1, -0.05) is 49.9 Å². The molecule has 3 rings (SSSR count). The number of likely N-dealkylation sites (N-methyl/N-ethyl adjacent to an activating group) is 1. The molecule has 0 heterocycles. The fourth-order valence-corrected chi connectivity index (χ4v) is 3.86. The molecule has 2 N–H and O–H groups in total. The van der Waals surface area contributed by atoms with Gasteiger partial charge in [0.25, 0.3) is 0 Å². The van der Waals surface area contributed by atoms with Crippen LogP contribution in [0.15, 0.2) is 24.3 Å². The molecule has 2 nitrogen and oxygen atoms in total. The molecule has 2 heteroatoms. The minimum Gasteiger partial charge on any atom is -0.329 e. The smallest absolute Gasteiger partial charge is 0.0470 e. The van der Waals surface area contributed by atoms with Crippen molar-refractivity contribution < 1.29 is 0 Å². The highest BCUT2D eigenvalue weighted by Gasteiger charge is 2.26. The van der Waals surface area contributed by atoms with E-state index >= 15 is 0 Å². The summed E-state index contributed by atoms with van der Waals surface area (Å²) in [7, 11) is 2.28. The molecule has 0 radical (unpaired) electrons. The number of benzene rings is 1. The van der Waals surface area contributed by atoms with Gasteiger partial charge in [0.05, 0.1) is 0 Å². The first-order chi connectivity index (χ1) is 10.3. The van der Waals surface area contributed by atoms with Crippen molar-refractivity contribution in [3.63, 3.8) is 0 Å². The van der Waals surface area contributed by atoms with Crippen LogP contribution in [0, 0.1) is 0 Å². The van der Waals surface area contributed by atoms with Gasteiger partial charge in [-0.25, -0.2) is 0 Å². The van der Waals surface area contributed by atoms with Gasteiger partial charge in [-0.05, 0) is 49.8 Å². The van der Waals surface area contributed by atoms with Crippen molar-refractivity contribution >= 4 is 0 Å². The summed E-state index contributed by atoms with van der Waals surface area (Å²) in [5.74, 6) is 0.843. The van der Waals surface area contributed by atoms with Crippen molar-refractivity contribution in [3.05, 3.63) is 35.4 Å². The zero-order valence-corrected chi connectivity index (χ0v) is 13.4. The maximum absolute atomic E-state index is 6.12. The van der Waals surface area contributed by atoms with E-state index in [1.54, 1.807) is 0 Å². The molecule has 2 aliphatic carbocycles. The van der Waals surface area contributed by atoms with Crippen LogP contribution < -0.4 is 5.73 Å². The van der Waals surface area contributed by atoms with E-state index in [4.69, 9.17) is 5.73 Å². The molecule has 0 aliphatic heterocycles. The van der Waals surface area contributed by atoms with Gasteiger partial charge in [0.15, 0.2) is 0 Å². The van der Waals surface area contributed by atoms with Crippen LogP contribution in [0.5, 0.6) is 0 Å². The molecule has 1 unspecified atom stereocenters. The molecular weight excluding hydrogens is 256 g/mol. The maximum atomic E-state index is 6.12. The number of nitrogens with two attached hydrogens (primary N) is 1. The lowest BCUT2D eigenvalue weighted by molar-refractivity contribution is 0.161. The van der Waals surface area contributed by atoms with Gasteiger partial charge in [0.2, 0.25) is 0 Å². The second-order valence-electron chi connectivity index (χ2n) is 7.00. The highest BCUT2D eigenvalue weighted by atomic mass is 15.2. The zero-order chi connectivity index (χ0) is 14.7. The second kappa shape index (κ2) is 6.93. The predicted octanol–water partition coefficient (Wildman–Crippen LogP) is 4.22. The van der Waals surface area contributed by atoms with E-state index in [9.17, 15) is 0 Å². The Labute approximate surface area is 129 Å². The molecule has 1 aromatic carbocycles. The van der Waals surface area contributed by atoms with Crippen LogP contribution in [0.4, 0.5) is 0 Å². The molecule has 1 atom stereocenters. The van der Waals surface area contributed by atoms with Crippen LogP contribution in [0.2, 0.25) is 0 Å². The van der Waals surface area contributed by atoms with E-state index in [1.165, 1.54) is 62.5 Å². The van der Waals surface area contributed by atoms with Crippen LogP contribution in [-0.4, -0.2) is 24.5 Å². The molecule has 0 saturated heterocycles. The van der Waals surface area contributed by atoms with Crippen LogP contribution >= 0.6 is 0 Å². The molecule has 1 aromatic rings. The van der Waals surface area contributed by atoms with E-state index in [-0.39, 0.29) is 0 Å². The minimum atomic E-state index is 0.376. The summed E-state index contributed by atoms with van der Waals surface area (Å²) < 4.78 is 0. The van der Waals surface area contributed by atoms with Gasteiger partial charge in [-0.3, -0.25) is 4.90 Å². The average Bonchev–Trinajstić information content (AvgIpc) is 3.35. The zero-order valence-electron chi connectivity index (χ0n) is 13.4. The maximum Gasteiger partial charge on any atom is 0.0470 e. The molecular formula is C19H30N2. The van der Waals surface area contributed by atoms with Crippen LogP contribution in [0.3, 0.4) is 0 Å². The van der Waals surface area contributed by atoms with Gasteiger partial charge in [-0.2, -0.15) is 0 Å². The minimum absolute atomic E-state index is 0.376. The Morgan fingerprint density at radius 1 is 1.00 bits per heavy atom. The molecule has 2 aliphatic rings. The highest BCUT2D eigenvalue weighted by molar-refractivity contribution is 5.30. The summed E-state index contributed by atoms with van der Waals surface area (Å²) >= 11 is 0. The Balaban J connectivity index is 1.69. The van der Waals surface area contributed by atoms with Gasteiger partial charge in [0, 0.05) is 18.6 Å². The first-order valence-corrected chi connectivity index (χ1v) is 8.81. The quantitative estimate of drug-likeness (QED) is 0.821. The topological polar surface area (TPSA) is 29.3 Å². The molecule has 0 aromatic heterocycles. The molecule has 0 bridgehead atoms. The fourth-order valence-electron chi connectivity index (χ4n) is 3.86. The van der Waals surface area contributed by atoms with Gasteiger partial charge >= 0.3 is 0 Å². The molecule has 0 amide bonds.